The Bertz CT molecular complexity index is 248. The van der Waals surface area contributed by atoms with Gasteiger partial charge in [0.1, 0.15) is 5.15 Å². The van der Waals surface area contributed by atoms with E-state index in [2.05, 4.69) is 23.8 Å². The molecule has 72 valence electrons. The van der Waals surface area contributed by atoms with E-state index in [9.17, 15) is 0 Å². The number of nitrogens with zero attached hydrogens (tertiary/aromatic N) is 2. The van der Waals surface area contributed by atoms with Crippen molar-refractivity contribution in [2.45, 2.75) is 19.6 Å². The molecule has 0 N–H and O–H groups in total. The van der Waals surface area contributed by atoms with E-state index in [-0.39, 0.29) is 0 Å². The van der Waals surface area contributed by atoms with Crippen LogP contribution in [0.3, 0.4) is 0 Å². The van der Waals surface area contributed by atoms with Crippen LogP contribution < -0.4 is 0 Å². The van der Waals surface area contributed by atoms with Crippen LogP contribution >= 0.6 is 23.4 Å². The van der Waals surface area contributed by atoms with E-state index < -0.39 is 0 Å². The maximum atomic E-state index is 5.62. The van der Waals surface area contributed by atoms with Crippen molar-refractivity contribution in [2.24, 2.45) is 5.92 Å². The molecule has 0 radical (unpaired) electrons. The molecule has 0 aliphatic heterocycles. The second kappa shape index (κ2) is 5.45. The number of thioether (sulfide) groups is 1. The first-order chi connectivity index (χ1) is 6.18. The van der Waals surface area contributed by atoms with Crippen molar-refractivity contribution in [2.75, 3.05) is 5.75 Å². The summed E-state index contributed by atoms with van der Waals surface area (Å²) >= 11 is 7.49. The smallest absolute Gasteiger partial charge is 0.147 e. The largest absolute Gasteiger partial charge is 0.256 e. The maximum Gasteiger partial charge on any atom is 0.147 e. The van der Waals surface area contributed by atoms with E-state index >= 15 is 0 Å². The molecular weight excluding hydrogens is 204 g/mol. The Morgan fingerprint density at radius 3 is 2.69 bits per heavy atom. The van der Waals surface area contributed by atoms with E-state index in [1.807, 2.05) is 11.8 Å². The van der Waals surface area contributed by atoms with Crippen LogP contribution in [0.4, 0.5) is 0 Å². The lowest BCUT2D eigenvalue weighted by Gasteiger charge is -2.03. The molecular formula is C9H13ClN2S. The molecule has 0 spiro atoms. The number of rotatable bonds is 4. The number of halogens is 1. The molecule has 0 saturated carbocycles. The van der Waals surface area contributed by atoms with Crippen molar-refractivity contribution in [1.82, 2.24) is 9.97 Å². The molecule has 0 aliphatic carbocycles. The minimum atomic E-state index is 0.456. The first-order valence-electron chi connectivity index (χ1n) is 4.22. The fourth-order valence-electron chi connectivity index (χ4n) is 0.813. The third-order valence-electron chi connectivity index (χ3n) is 1.37. The zero-order valence-electron chi connectivity index (χ0n) is 7.83. The van der Waals surface area contributed by atoms with Crippen LogP contribution in [-0.2, 0) is 5.75 Å². The van der Waals surface area contributed by atoms with Crippen LogP contribution in [0.15, 0.2) is 12.4 Å². The monoisotopic (exact) mass is 216 g/mol. The summed E-state index contributed by atoms with van der Waals surface area (Å²) < 4.78 is 0. The molecule has 13 heavy (non-hydrogen) atoms. The molecule has 1 aromatic rings. The highest BCUT2D eigenvalue weighted by molar-refractivity contribution is 7.98. The maximum absolute atomic E-state index is 5.62. The van der Waals surface area contributed by atoms with E-state index in [4.69, 9.17) is 11.6 Å². The van der Waals surface area contributed by atoms with Crippen LogP contribution in [0.2, 0.25) is 5.15 Å². The minimum Gasteiger partial charge on any atom is -0.256 e. The van der Waals surface area contributed by atoms with Gasteiger partial charge in [-0.15, -0.1) is 0 Å². The lowest BCUT2D eigenvalue weighted by molar-refractivity contribution is 0.750. The number of hydrogen-bond acceptors (Lipinski definition) is 3. The summed E-state index contributed by atoms with van der Waals surface area (Å²) in [6.07, 6.45) is 3.32. The fraction of sp³-hybridized carbons (Fsp3) is 0.556. The first-order valence-corrected chi connectivity index (χ1v) is 5.76. The fourth-order valence-corrected chi connectivity index (χ4v) is 1.86. The van der Waals surface area contributed by atoms with Gasteiger partial charge in [-0.25, -0.2) is 4.98 Å². The van der Waals surface area contributed by atoms with Gasteiger partial charge in [0.15, 0.2) is 0 Å². The zero-order valence-corrected chi connectivity index (χ0v) is 9.40. The predicted molar refractivity (Wildman–Crippen MR) is 58.0 cm³/mol. The van der Waals surface area contributed by atoms with Gasteiger partial charge in [-0.05, 0) is 11.7 Å². The lowest BCUT2D eigenvalue weighted by Crippen LogP contribution is -1.93. The molecule has 0 amide bonds. The van der Waals surface area contributed by atoms with Crippen LogP contribution in [0.5, 0.6) is 0 Å². The first kappa shape index (κ1) is 10.8. The van der Waals surface area contributed by atoms with Gasteiger partial charge in [-0.1, -0.05) is 25.4 Å². The van der Waals surface area contributed by atoms with E-state index in [1.54, 1.807) is 12.4 Å². The van der Waals surface area contributed by atoms with Crippen LogP contribution in [-0.4, -0.2) is 15.7 Å². The molecule has 0 fully saturated rings. The standard InChI is InChI=1S/C9H13ClN2S/c1-7(2)5-13-6-8-3-12-9(10)4-11-8/h3-4,7H,5-6H2,1-2H3. The number of aromatic nitrogens is 2. The van der Waals surface area contributed by atoms with Gasteiger partial charge >= 0.3 is 0 Å². The summed E-state index contributed by atoms with van der Waals surface area (Å²) in [7, 11) is 0. The van der Waals surface area contributed by atoms with Crippen LogP contribution in [0, 0.1) is 5.92 Å². The normalized spacial score (nSPS) is 10.8. The minimum absolute atomic E-state index is 0.456. The lowest BCUT2D eigenvalue weighted by atomic mass is 10.3. The van der Waals surface area contributed by atoms with Crippen molar-refractivity contribution in [3.8, 4) is 0 Å². The molecule has 0 saturated heterocycles. The van der Waals surface area contributed by atoms with Gasteiger partial charge in [0.2, 0.25) is 0 Å². The third kappa shape index (κ3) is 4.48. The topological polar surface area (TPSA) is 25.8 Å². The van der Waals surface area contributed by atoms with Crippen molar-refractivity contribution in [3.05, 3.63) is 23.2 Å². The molecule has 0 atom stereocenters. The third-order valence-corrected chi connectivity index (χ3v) is 2.97. The molecule has 0 unspecified atom stereocenters. The molecule has 4 heteroatoms. The average Bonchev–Trinajstić information content (AvgIpc) is 2.08. The van der Waals surface area contributed by atoms with Crippen LogP contribution in [0.25, 0.3) is 0 Å². The Morgan fingerprint density at radius 2 is 2.15 bits per heavy atom. The van der Waals surface area contributed by atoms with Gasteiger partial charge in [-0.3, -0.25) is 4.98 Å². The van der Waals surface area contributed by atoms with Crippen molar-refractivity contribution < 1.29 is 0 Å². The zero-order chi connectivity index (χ0) is 9.68. The molecule has 0 bridgehead atoms. The van der Waals surface area contributed by atoms with Gasteiger partial charge in [0.25, 0.3) is 0 Å². The number of hydrogen-bond donors (Lipinski definition) is 0. The molecule has 0 aliphatic rings. The molecule has 0 aromatic carbocycles. The highest BCUT2D eigenvalue weighted by Gasteiger charge is 1.98. The van der Waals surface area contributed by atoms with Gasteiger partial charge in [0.05, 0.1) is 18.1 Å². The highest BCUT2D eigenvalue weighted by atomic mass is 35.5. The molecule has 1 heterocycles. The summed E-state index contributed by atoms with van der Waals surface area (Å²) in [6, 6.07) is 0. The van der Waals surface area contributed by atoms with E-state index in [1.165, 1.54) is 0 Å². The Balaban J connectivity index is 2.33. The summed E-state index contributed by atoms with van der Waals surface area (Å²) in [5.74, 6) is 2.80. The summed E-state index contributed by atoms with van der Waals surface area (Å²) in [5, 5.41) is 0.456. The van der Waals surface area contributed by atoms with Crippen LogP contribution in [0.1, 0.15) is 19.5 Å². The Labute approximate surface area is 88.1 Å². The van der Waals surface area contributed by atoms with E-state index in [0.717, 1.165) is 23.1 Å². The van der Waals surface area contributed by atoms with Crippen molar-refractivity contribution >= 4 is 23.4 Å². The van der Waals surface area contributed by atoms with E-state index in [0.29, 0.717) is 5.15 Å². The molecule has 2 nitrogen and oxygen atoms in total. The Morgan fingerprint density at radius 1 is 1.38 bits per heavy atom. The summed E-state index contributed by atoms with van der Waals surface area (Å²) in [6.45, 7) is 4.42. The second-order valence-corrected chi connectivity index (χ2v) is 4.66. The van der Waals surface area contributed by atoms with Crippen molar-refractivity contribution in [3.63, 3.8) is 0 Å². The Hall–Kier alpha value is -0.280. The van der Waals surface area contributed by atoms with Gasteiger partial charge in [-0.2, -0.15) is 11.8 Å². The van der Waals surface area contributed by atoms with Gasteiger partial charge < -0.3 is 0 Å². The summed E-state index contributed by atoms with van der Waals surface area (Å²) in [4.78, 5) is 8.13. The SMILES string of the molecule is CC(C)CSCc1cnc(Cl)cn1. The Kier molecular flexibility index (Phi) is 4.53. The van der Waals surface area contributed by atoms with Crippen molar-refractivity contribution in [1.29, 1.82) is 0 Å². The average molecular weight is 217 g/mol. The molecule has 1 aromatic heterocycles. The highest BCUT2D eigenvalue weighted by Crippen LogP contribution is 2.13. The van der Waals surface area contributed by atoms with Gasteiger partial charge in [0, 0.05) is 5.75 Å². The molecule has 1 rings (SSSR count). The quantitative estimate of drug-likeness (QED) is 0.774. The summed E-state index contributed by atoms with van der Waals surface area (Å²) in [5.41, 5.74) is 0.995. The second-order valence-electron chi connectivity index (χ2n) is 3.24. The predicted octanol–water partition coefficient (Wildman–Crippen LogP) is 3.02.